The third kappa shape index (κ3) is 3.35. The van der Waals surface area contributed by atoms with E-state index in [4.69, 9.17) is 11.6 Å². The molecule has 0 aromatic heterocycles. The third-order valence-corrected chi connectivity index (χ3v) is 5.89. The van der Waals surface area contributed by atoms with E-state index in [1.807, 2.05) is 0 Å². The predicted octanol–water partition coefficient (Wildman–Crippen LogP) is 3.74. The van der Waals surface area contributed by atoms with Gasteiger partial charge < -0.3 is 0 Å². The van der Waals surface area contributed by atoms with Gasteiger partial charge in [0.25, 0.3) is 0 Å². The van der Waals surface area contributed by atoms with Gasteiger partial charge in [0, 0.05) is 11.6 Å². The molecular weight excluding hydrogens is 318 g/mol. The quantitative estimate of drug-likeness (QED) is 0.904. The van der Waals surface area contributed by atoms with E-state index >= 15 is 0 Å². The summed E-state index contributed by atoms with van der Waals surface area (Å²) < 4.78 is 27.1. The van der Waals surface area contributed by atoms with Crippen molar-refractivity contribution >= 4 is 21.6 Å². The van der Waals surface area contributed by atoms with E-state index in [-0.39, 0.29) is 4.90 Å². The van der Waals surface area contributed by atoms with Crippen LogP contribution in [-0.4, -0.2) is 15.0 Å². The van der Waals surface area contributed by atoms with Crippen molar-refractivity contribution in [2.45, 2.75) is 30.1 Å². The van der Waals surface area contributed by atoms with Crippen LogP contribution in [0.2, 0.25) is 5.02 Å². The molecule has 2 aromatic carbocycles. The fourth-order valence-electron chi connectivity index (χ4n) is 3.01. The van der Waals surface area contributed by atoms with Crippen molar-refractivity contribution in [3.63, 3.8) is 0 Å². The zero-order chi connectivity index (χ0) is 15.6. The number of rotatable bonds is 5. The Morgan fingerprint density at radius 2 is 1.82 bits per heavy atom. The first kappa shape index (κ1) is 15.5. The average Bonchev–Trinajstić information content (AvgIpc) is 2.91. The fraction of sp³-hybridized carbons (Fsp3) is 0.294. The zero-order valence-electron chi connectivity index (χ0n) is 12.1. The first-order valence-electron chi connectivity index (χ1n) is 7.39. The number of sulfonamides is 1. The van der Waals surface area contributed by atoms with Crippen LogP contribution in [0.4, 0.5) is 0 Å². The van der Waals surface area contributed by atoms with Crippen LogP contribution in [0.3, 0.4) is 0 Å². The van der Waals surface area contributed by atoms with Crippen molar-refractivity contribution in [1.82, 2.24) is 4.72 Å². The number of halogens is 1. The minimum atomic E-state index is -3.45. The van der Waals surface area contributed by atoms with Crippen LogP contribution in [0.5, 0.6) is 0 Å². The van der Waals surface area contributed by atoms with Gasteiger partial charge in [-0.1, -0.05) is 35.9 Å². The van der Waals surface area contributed by atoms with E-state index in [9.17, 15) is 8.42 Å². The first-order chi connectivity index (χ1) is 10.6. The maximum absolute atomic E-state index is 12.2. The van der Waals surface area contributed by atoms with Crippen LogP contribution >= 0.6 is 11.6 Å². The Labute approximate surface area is 136 Å². The molecule has 1 aliphatic rings. The molecule has 0 aliphatic heterocycles. The molecule has 22 heavy (non-hydrogen) atoms. The summed E-state index contributed by atoms with van der Waals surface area (Å²) in [4.78, 5) is 0.253. The highest BCUT2D eigenvalue weighted by molar-refractivity contribution is 7.89. The molecule has 5 heteroatoms. The molecule has 2 aromatic rings. The maximum atomic E-state index is 12.2. The molecule has 1 unspecified atom stereocenters. The van der Waals surface area contributed by atoms with Gasteiger partial charge in [0.15, 0.2) is 0 Å². The Kier molecular flexibility index (Phi) is 4.52. The molecule has 3 rings (SSSR count). The van der Waals surface area contributed by atoms with Crippen molar-refractivity contribution in [2.75, 3.05) is 6.54 Å². The number of aryl methyl sites for hydroxylation is 1. The minimum absolute atomic E-state index is 0.253. The van der Waals surface area contributed by atoms with Crippen LogP contribution < -0.4 is 4.72 Å². The Balaban J connectivity index is 1.60. The topological polar surface area (TPSA) is 46.2 Å². The third-order valence-electron chi connectivity index (χ3n) is 4.17. The summed E-state index contributed by atoms with van der Waals surface area (Å²) in [6.07, 6.45) is 3.01. The molecule has 3 nitrogen and oxygen atoms in total. The van der Waals surface area contributed by atoms with E-state index in [1.165, 1.54) is 23.3 Å². The smallest absolute Gasteiger partial charge is 0.211 e. The molecule has 1 N–H and O–H groups in total. The average molecular weight is 336 g/mol. The Bertz CT molecular complexity index is 756. The van der Waals surface area contributed by atoms with E-state index in [0.717, 1.165) is 19.3 Å². The van der Waals surface area contributed by atoms with Crippen molar-refractivity contribution in [1.29, 1.82) is 0 Å². The lowest BCUT2D eigenvalue weighted by Gasteiger charge is -2.12. The second-order valence-electron chi connectivity index (χ2n) is 5.57. The van der Waals surface area contributed by atoms with Crippen LogP contribution in [0, 0.1) is 0 Å². The minimum Gasteiger partial charge on any atom is -0.211 e. The maximum Gasteiger partial charge on any atom is 0.240 e. The summed E-state index contributed by atoms with van der Waals surface area (Å²) in [7, 11) is -3.45. The SMILES string of the molecule is O=S(=O)(NCCC1CCc2ccccc21)c1ccc(Cl)cc1. The van der Waals surface area contributed by atoms with E-state index in [0.29, 0.717) is 17.5 Å². The predicted molar refractivity (Wildman–Crippen MR) is 88.8 cm³/mol. The monoisotopic (exact) mass is 335 g/mol. The zero-order valence-corrected chi connectivity index (χ0v) is 13.7. The van der Waals surface area contributed by atoms with Gasteiger partial charge in [-0.05, 0) is 60.6 Å². The van der Waals surface area contributed by atoms with Gasteiger partial charge in [0.2, 0.25) is 10.0 Å². The number of hydrogen-bond acceptors (Lipinski definition) is 2. The highest BCUT2D eigenvalue weighted by atomic mass is 35.5. The Hall–Kier alpha value is -1.36. The molecule has 0 heterocycles. The van der Waals surface area contributed by atoms with E-state index < -0.39 is 10.0 Å². The molecule has 0 fully saturated rings. The van der Waals surface area contributed by atoms with Crippen LogP contribution in [0.1, 0.15) is 29.9 Å². The molecule has 0 radical (unpaired) electrons. The highest BCUT2D eigenvalue weighted by Gasteiger charge is 2.22. The summed E-state index contributed by atoms with van der Waals surface area (Å²) >= 11 is 5.78. The fourth-order valence-corrected chi connectivity index (χ4v) is 4.18. The Morgan fingerprint density at radius 1 is 1.09 bits per heavy atom. The van der Waals surface area contributed by atoms with E-state index in [2.05, 4.69) is 29.0 Å². The summed E-state index contributed by atoms with van der Waals surface area (Å²) in [5.41, 5.74) is 2.77. The van der Waals surface area contributed by atoms with Crippen molar-refractivity contribution in [2.24, 2.45) is 0 Å². The molecule has 1 aliphatic carbocycles. The van der Waals surface area contributed by atoms with Gasteiger partial charge >= 0.3 is 0 Å². The number of benzene rings is 2. The summed E-state index contributed by atoms with van der Waals surface area (Å²) in [6.45, 7) is 0.448. The number of hydrogen-bond donors (Lipinski definition) is 1. The molecule has 116 valence electrons. The second-order valence-corrected chi connectivity index (χ2v) is 7.78. The molecular formula is C17H18ClNO2S. The molecule has 0 spiro atoms. The molecule has 0 saturated carbocycles. The van der Waals surface area contributed by atoms with Gasteiger partial charge in [-0.2, -0.15) is 0 Å². The van der Waals surface area contributed by atoms with Gasteiger partial charge in [-0.25, -0.2) is 13.1 Å². The largest absolute Gasteiger partial charge is 0.240 e. The van der Waals surface area contributed by atoms with Crippen molar-refractivity contribution in [3.8, 4) is 0 Å². The summed E-state index contributed by atoms with van der Waals surface area (Å²) in [5.74, 6) is 0.448. The summed E-state index contributed by atoms with van der Waals surface area (Å²) in [6, 6.07) is 14.6. The summed E-state index contributed by atoms with van der Waals surface area (Å²) in [5, 5.41) is 0.529. The highest BCUT2D eigenvalue weighted by Crippen LogP contribution is 2.34. The lowest BCUT2D eigenvalue weighted by atomic mass is 9.98. The number of nitrogens with one attached hydrogen (secondary N) is 1. The second kappa shape index (κ2) is 6.41. The normalized spacial score (nSPS) is 17.4. The van der Waals surface area contributed by atoms with Crippen LogP contribution in [0.25, 0.3) is 0 Å². The van der Waals surface area contributed by atoms with Crippen LogP contribution in [0.15, 0.2) is 53.4 Å². The number of fused-ring (bicyclic) bond motifs is 1. The van der Waals surface area contributed by atoms with Gasteiger partial charge in [-0.15, -0.1) is 0 Å². The molecule has 0 bridgehead atoms. The van der Waals surface area contributed by atoms with Gasteiger partial charge in [-0.3, -0.25) is 0 Å². The molecule has 1 atom stereocenters. The van der Waals surface area contributed by atoms with Crippen molar-refractivity contribution < 1.29 is 8.42 Å². The standard InChI is InChI=1S/C17H18ClNO2S/c18-15-7-9-16(10-8-15)22(20,21)19-12-11-14-6-5-13-3-1-2-4-17(13)14/h1-4,7-10,14,19H,5-6,11-12H2. The lowest BCUT2D eigenvalue weighted by Crippen LogP contribution is -2.25. The van der Waals surface area contributed by atoms with E-state index in [1.54, 1.807) is 12.1 Å². The van der Waals surface area contributed by atoms with Crippen LogP contribution in [-0.2, 0) is 16.4 Å². The first-order valence-corrected chi connectivity index (χ1v) is 9.25. The van der Waals surface area contributed by atoms with Gasteiger partial charge in [0.1, 0.15) is 0 Å². The van der Waals surface area contributed by atoms with Crippen molar-refractivity contribution in [3.05, 3.63) is 64.7 Å². The molecule has 0 saturated heterocycles. The van der Waals surface area contributed by atoms with Gasteiger partial charge in [0.05, 0.1) is 4.90 Å². The lowest BCUT2D eigenvalue weighted by molar-refractivity contribution is 0.564. The Morgan fingerprint density at radius 3 is 2.59 bits per heavy atom. The molecule has 0 amide bonds.